The van der Waals surface area contributed by atoms with E-state index in [1.54, 1.807) is 24.3 Å². The van der Waals surface area contributed by atoms with Gasteiger partial charge in [0.25, 0.3) is 5.69 Å². The van der Waals surface area contributed by atoms with Crippen LogP contribution in [0, 0.1) is 33.8 Å². The number of nitrogens with zero attached hydrogens (tertiary/aromatic N) is 2. The highest BCUT2D eigenvalue weighted by molar-refractivity contribution is 5.97. The molecule has 2 heterocycles. The number of fused-ring (bicyclic) bond motifs is 5. The summed E-state index contributed by atoms with van der Waals surface area (Å²) in [5, 5.41) is 12.5. The Bertz CT molecular complexity index is 1760. The zero-order valence-electron chi connectivity index (χ0n) is 23.5. The molecule has 1 saturated heterocycles. The van der Waals surface area contributed by atoms with Crippen molar-refractivity contribution in [1.82, 2.24) is 0 Å². The molecule has 0 unspecified atom stereocenters. The Morgan fingerprint density at radius 3 is 1.95 bits per heavy atom. The van der Waals surface area contributed by atoms with Crippen LogP contribution in [0.4, 0.5) is 17.1 Å². The molecule has 8 heteroatoms. The number of carbonyl (C=O) groups excluding carboxylic acids is 1. The number of para-hydroxylation sites is 2. The first-order valence-corrected chi connectivity index (χ1v) is 15.2. The molecule has 43 heavy (non-hydrogen) atoms. The van der Waals surface area contributed by atoms with Crippen LogP contribution in [0.15, 0.2) is 84.9 Å². The first-order valence-electron chi connectivity index (χ1n) is 15.2. The Morgan fingerprint density at radius 1 is 0.791 bits per heavy atom. The van der Waals surface area contributed by atoms with E-state index in [1.165, 1.54) is 44.2 Å². The summed E-state index contributed by atoms with van der Waals surface area (Å²) >= 11 is 0. The van der Waals surface area contributed by atoms with Gasteiger partial charge in [-0.25, -0.2) is 14.6 Å². The Hall–Kier alpha value is -4.27. The summed E-state index contributed by atoms with van der Waals surface area (Å²) in [4.78, 5) is 39.7. The van der Waals surface area contributed by atoms with E-state index in [4.69, 9.17) is 14.5 Å². The minimum Gasteiger partial charge on any atom is -0.425 e. The van der Waals surface area contributed by atoms with Gasteiger partial charge >= 0.3 is 5.97 Å². The van der Waals surface area contributed by atoms with Crippen LogP contribution >= 0.6 is 0 Å². The summed E-state index contributed by atoms with van der Waals surface area (Å²) in [7, 11) is 0. The smallest absolute Gasteiger partial charge is 0.331 e. The van der Waals surface area contributed by atoms with Gasteiger partial charge in [-0.05, 0) is 80.0 Å². The number of nitro benzene ring substituents is 1. The van der Waals surface area contributed by atoms with Crippen molar-refractivity contribution in [3.63, 3.8) is 0 Å². The molecular weight excluding hydrogens is 544 g/mol. The second-order valence-corrected chi connectivity index (χ2v) is 12.9. The van der Waals surface area contributed by atoms with Crippen LogP contribution in [0.25, 0.3) is 10.8 Å². The quantitative estimate of drug-likeness (QED) is 0.0837. The molecule has 0 aromatic heterocycles. The predicted molar refractivity (Wildman–Crippen MR) is 159 cm³/mol. The number of carbonyl (C=O) groups is 1. The fraction of sp³-hybridized carbons (Fsp3) is 0.343. The number of anilines is 2. The Morgan fingerprint density at radius 2 is 1.37 bits per heavy atom. The van der Waals surface area contributed by atoms with Crippen molar-refractivity contribution in [3.05, 3.63) is 106 Å². The van der Waals surface area contributed by atoms with Gasteiger partial charge in [-0.2, -0.15) is 0 Å². The fourth-order valence-electron chi connectivity index (χ4n) is 9.57. The zero-order valence-corrected chi connectivity index (χ0v) is 23.5. The molecule has 2 aliphatic heterocycles. The minimum atomic E-state index is -0.738. The molecular formula is C35H30N2O6. The number of hydrogen-bond acceptors (Lipinski definition) is 7. The van der Waals surface area contributed by atoms with Crippen molar-refractivity contribution in [2.75, 3.05) is 11.4 Å². The molecule has 0 N–H and O–H groups in total. The third-order valence-corrected chi connectivity index (χ3v) is 10.9. The molecule has 4 aromatic carbocycles. The molecule has 0 radical (unpaired) electrons. The number of esters is 1. The third-order valence-electron chi connectivity index (χ3n) is 10.9. The lowest BCUT2D eigenvalue weighted by Gasteiger charge is -2.71. The van der Waals surface area contributed by atoms with Crippen molar-refractivity contribution >= 4 is 33.8 Å². The van der Waals surface area contributed by atoms with E-state index in [2.05, 4.69) is 12.1 Å². The number of nitro groups is 1. The van der Waals surface area contributed by atoms with Crippen molar-refractivity contribution in [3.8, 4) is 5.75 Å². The average molecular weight is 575 g/mol. The summed E-state index contributed by atoms with van der Waals surface area (Å²) in [6.07, 6.45) is 6.08. The van der Waals surface area contributed by atoms with Crippen LogP contribution in [-0.2, 0) is 20.2 Å². The van der Waals surface area contributed by atoms with Gasteiger partial charge < -0.3 is 9.64 Å². The SMILES string of the molecule is O=C(CN1c2ccccc2C2(OOC23C2CC4CC(C2)CC3C4)c2ccccc21)Oc1ccc([N+](=O)[O-])c2ccccc12. The number of hydrogen-bond donors (Lipinski definition) is 0. The van der Waals surface area contributed by atoms with E-state index in [0.29, 0.717) is 28.4 Å². The summed E-state index contributed by atoms with van der Waals surface area (Å²) in [6.45, 7) is -0.0414. The molecule has 2 spiro atoms. The van der Waals surface area contributed by atoms with Crippen molar-refractivity contribution < 1.29 is 24.2 Å². The highest BCUT2D eigenvalue weighted by atomic mass is 17.3. The van der Waals surface area contributed by atoms with Gasteiger partial charge in [-0.15, -0.1) is 0 Å². The van der Waals surface area contributed by atoms with E-state index in [9.17, 15) is 14.9 Å². The van der Waals surface area contributed by atoms with Crippen LogP contribution in [0.1, 0.15) is 43.2 Å². The first-order chi connectivity index (χ1) is 21.0. The Labute approximate surface area is 248 Å². The maximum Gasteiger partial charge on any atom is 0.331 e. The van der Waals surface area contributed by atoms with Gasteiger partial charge in [0.05, 0.1) is 10.3 Å². The summed E-state index contributed by atoms with van der Waals surface area (Å²) in [5.74, 6) is 2.27. The van der Waals surface area contributed by atoms with Gasteiger partial charge in [0.1, 0.15) is 17.9 Å². The van der Waals surface area contributed by atoms with Crippen molar-refractivity contribution in [2.24, 2.45) is 23.7 Å². The molecule has 4 aromatic rings. The first kappa shape index (κ1) is 25.2. The zero-order chi connectivity index (χ0) is 28.9. The Kier molecular flexibility index (Phi) is 5.21. The van der Waals surface area contributed by atoms with E-state index >= 15 is 0 Å². The standard InChI is InChI=1S/C35H30N2O6/c38-33(41-32-14-13-29(37(39)40)25-7-1-2-8-26(25)32)20-36-30-11-5-3-9-27(30)35(28-10-4-6-12-31(28)36)34(42-43-35)23-16-21-15-22(18-23)19-24(34)17-21/h1-14,21-24H,15-20H2. The van der Waals surface area contributed by atoms with Crippen LogP contribution in [-0.4, -0.2) is 23.0 Å². The van der Waals surface area contributed by atoms with Gasteiger partial charge in [0.15, 0.2) is 5.60 Å². The largest absolute Gasteiger partial charge is 0.425 e. The minimum absolute atomic E-state index is 0.0268. The predicted octanol–water partition coefficient (Wildman–Crippen LogP) is 7.21. The summed E-state index contributed by atoms with van der Waals surface area (Å²) in [5.41, 5.74) is 2.68. The number of non-ortho nitro benzene ring substituents is 1. The normalized spacial score (nSPS) is 28.9. The molecule has 4 aliphatic carbocycles. The number of benzene rings is 4. The van der Waals surface area contributed by atoms with Gasteiger partial charge in [0, 0.05) is 34.0 Å². The van der Waals surface area contributed by atoms with Crippen LogP contribution in [0.3, 0.4) is 0 Å². The molecule has 0 amide bonds. The molecule has 4 bridgehead atoms. The van der Waals surface area contributed by atoms with E-state index in [-0.39, 0.29) is 12.2 Å². The van der Waals surface area contributed by atoms with Gasteiger partial charge in [0.2, 0.25) is 0 Å². The van der Waals surface area contributed by atoms with E-state index in [1.807, 2.05) is 41.3 Å². The maximum atomic E-state index is 13.6. The molecule has 5 fully saturated rings. The van der Waals surface area contributed by atoms with E-state index < -0.39 is 22.1 Å². The molecule has 0 atom stereocenters. The van der Waals surface area contributed by atoms with E-state index in [0.717, 1.165) is 34.3 Å². The molecule has 8 nitrogen and oxygen atoms in total. The fourth-order valence-corrected chi connectivity index (χ4v) is 9.57. The third kappa shape index (κ3) is 3.25. The van der Waals surface area contributed by atoms with Crippen LogP contribution < -0.4 is 9.64 Å². The molecule has 10 rings (SSSR count). The molecule has 4 saturated carbocycles. The lowest BCUT2D eigenvalue weighted by atomic mass is 9.44. The molecule has 216 valence electrons. The lowest BCUT2D eigenvalue weighted by Crippen LogP contribution is -2.76. The topological polar surface area (TPSA) is 91.1 Å². The van der Waals surface area contributed by atoms with Gasteiger partial charge in [-0.1, -0.05) is 54.6 Å². The van der Waals surface area contributed by atoms with Crippen molar-refractivity contribution in [2.45, 2.75) is 43.3 Å². The van der Waals surface area contributed by atoms with Gasteiger partial charge in [-0.3, -0.25) is 10.1 Å². The lowest BCUT2D eigenvalue weighted by molar-refractivity contribution is -0.583. The highest BCUT2D eigenvalue weighted by Gasteiger charge is 2.77. The monoisotopic (exact) mass is 574 g/mol. The second kappa shape index (κ2) is 8.88. The molecule has 6 aliphatic rings. The average Bonchev–Trinajstić information content (AvgIpc) is 3.00. The highest BCUT2D eigenvalue weighted by Crippen LogP contribution is 2.73. The maximum absolute atomic E-state index is 13.6. The van der Waals surface area contributed by atoms with Crippen molar-refractivity contribution in [1.29, 1.82) is 0 Å². The summed E-state index contributed by atoms with van der Waals surface area (Å²) in [6, 6.07) is 26.2. The number of ether oxygens (including phenoxy) is 1. The van der Waals surface area contributed by atoms with Crippen LogP contribution in [0.2, 0.25) is 0 Å². The Balaban J connectivity index is 1.11. The second-order valence-electron chi connectivity index (χ2n) is 12.9. The van der Waals surface area contributed by atoms with Crippen LogP contribution in [0.5, 0.6) is 5.75 Å². The summed E-state index contributed by atoms with van der Waals surface area (Å²) < 4.78 is 5.92. The number of rotatable bonds is 4.